The minimum Gasteiger partial charge on any atom is -0.334 e. The van der Waals surface area contributed by atoms with Gasteiger partial charge in [0.05, 0.1) is 12.6 Å². The van der Waals surface area contributed by atoms with Crippen molar-refractivity contribution >= 4 is 17.8 Å². The van der Waals surface area contributed by atoms with Crippen LogP contribution in [0.25, 0.3) is 5.69 Å². The summed E-state index contributed by atoms with van der Waals surface area (Å²) in [6.07, 6.45) is 3.88. The number of nitrogens with zero attached hydrogens (tertiary/aromatic N) is 3. The van der Waals surface area contributed by atoms with Crippen molar-refractivity contribution in [2.24, 2.45) is 0 Å². The van der Waals surface area contributed by atoms with Crippen LogP contribution in [0.4, 0.5) is 4.79 Å². The molecule has 1 aromatic heterocycles. The molecule has 7 nitrogen and oxygen atoms in total. The zero-order valence-corrected chi connectivity index (χ0v) is 12.9. The topological polar surface area (TPSA) is 74.7 Å². The van der Waals surface area contributed by atoms with Gasteiger partial charge in [-0.3, -0.25) is 14.5 Å². The SMILES string of the molecule is O=C(c1ccc(-n2cccc2)cc1)N1CC(N2C(=O)CNC2=O)C1. The number of carbonyl (C=O) groups is 3. The number of benzene rings is 1. The first-order valence-electron chi connectivity index (χ1n) is 7.76. The fraction of sp³-hybridized carbons (Fsp3) is 0.235. The van der Waals surface area contributed by atoms with E-state index in [0.29, 0.717) is 18.7 Å². The van der Waals surface area contributed by atoms with Crippen LogP contribution < -0.4 is 5.32 Å². The molecule has 3 heterocycles. The van der Waals surface area contributed by atoms with Gasteiger partial charge in [-0.15, -0.1) is 0 Å². The molecule has 4 amide bonds. The van der Waals surface area contributed by atoms with Gasteiger partial charge in [-0.1, -0.05) is 0 Å². The summed E-state index contributed by atoms with van der Waals surface area (Å²) in [6.45, 7) is 0.818. The van der Waals surface area contributed by atoms with Crippen LogP contribution in [0.3, 0.4) is 0 Å². The van der Waals surface area contributed by atoms with E-state index in [1.54, 1.807) is 17.0 Å². The van der Waals surface area contributed by atoms with Gasteiger partial charge in [0, 0.05) is 36.7 Å². The highest BCUT2D eigenvalue weighted by atomic mass is 16.2. The number of likely N-dealkylation sites (tertiary alicyclic amines) is 1. The second-order valence-electron chi connectivity index (χ2n) is 5.92. The summed E-state index contributed by atoms with van der Waals surface area (Å²) in [5.41, 5.74) is 1.58. The third kappa shape index (κ3) is 2.34. The van der Waals surface area contributed by atoms with E-state index in [-0.39, 0.29) is 30.4 Å². The third-order valence-electron chi connectivity index (χ3n) is 4.41. The molecule has 1 aromatic carbocycles. The highest BCUT2D eigenvalue weighted by Crippen LogP contribution is 2.21. The summed E-state index contributed by atoms with van der Waals surface area (Å²) in [7, 11) is 0. The van der Waals surface area contributed by atoms with Crippen molar-refractivity contribution in [1.29, 1.82) is 0 Å². The van der Waals surface area contributed by atoms with Crippen LogP contribution >= 0.6 is 0 Å². The normalized spacial score (nSPS) is 17.8. The second-order valence-corrected chi connectivity index (χ2v) is 5.92. The summed E-state index contributed by atoms with van der Waals surface area (Å²) < 4.78 is 1.96. The number of hydrogen-bond acceptors (Lipinski definition) is 3. The molecule has 1 N–H and O–H groups in total. The minimum absolute atomic E-state index is 0.0458. The van der Waals surface area contributed by atoms with Crippen molar-refractivity contribution in [1.82, 2.24) is 19.7 Å². The van der Waals surface area contributed by atoms with Crippen molar-refractivity contribution in [3.05, 3.63) is 54.4 Å². The van der Waals surface area contributed by atoms with Crippen LogP contribution in [-0.4, -0.2) is 57.9 Å². The Hall–Kier alpha value is -3.09. The van der Waals surface area contributed by atoms with Gasteiger partial charge in [0.15, 0.2) is 0 Å². The van der Waals surface area contributed by atoms with Gasteiger partial charge in [-0.25, -0.2) is 4.79 Å². The van der Waals surface area contributed by atoms with Gasteiger partial charge in [-0.05, 0) is 36.4 Å². The highest BCUT2D eigenvalue weighted by Gasteiger charge is 2.42. The first-order chi connectivity index (χ1) is 11.6. The Kier molecular flexibility index (Phi) is 3.34. The van der Waals surface area contributed by atoms with Crippen LogP contribution in [0.15, 0.2) is 48.8 Å². The Bertz CT molecular complexity index is 776. The lowest BCUT2D eigenvalue weighted by atomic mass is 10.0. The lowest BCUT2D eigenvalue weighted by molar-refractivity contribution is -0.128. The largest absolute Gasteiger partial charge is 0.334 e. The molecule has 2 fully saturated rings. The highest BCUT2D eigenvalue weighted by molar-refractivity contribution is 6.03. The molecule has 0 atom stereocenters. The lowest BCUT2D eigenvalue weighted by Gasteiger charge is -2.42. The number of imide groups is 1. The molecule has 24 heavy (non-hydrogen) atoms. The van der Waals surface area contributed by atoms with Crippen LogP contribution in [0, 0.1) is 0 Å². The van der Waals surface area contributed by atoms with Crippen molar-refractivity contribution < 1.29 is 14.4 Å². The third-order valence-corrected chi connectivity index (χ3v) is 4.41. The molecule has 0 bridgehead atoms. The Morgan fingerprint density at radius 1 is 1.04 bits per heavy atom. The fourth-order valence-electron chi connectivity index (χ4n) is 3.05. The summed E-state index contributed by atoms with van der Waals surface area (Å²) in [4.78, 5) is 38.6. The molecule has 2 aromatic rings. The van der Waals surface area contributed by atoms with Gasteiger partial charge in [0.1, 0.15) is 0 Å². The molecular formula is C17H16N4O3. The Morgan fingerprint density at radius 2 is 1.71 bits per heavy atom. The first kappa shape index (κ1) is 14.5. The smallest absolute Gasteiger partial charge is 0.324 e. The van der Waals surface area contributed by atoms with Gasteiger partial charge >= 0.3 is 6.03 Å². The molecule has 0 spiro atoms. The zero-order valence-electron chi connectivity index (χ0n) is 12.9. The van der Waals surface area contributed by atoms with E-state index in [4.69, 9.17) is 0 Å². The number of carbonyl (C=O) groups excluding carboxylic acids is 3. The van der Waals surface area contributed by atoms with Crippen molar-refractivity contribution in [2.45, 2.75) is 6.04 Å². The van der Waals surface area contributed by atoms with E-state index in [1.165, 1.54) is 4.90 Å². The maximum Gasteiger partial charge on any atom is 0.324 e. The number of hydrogen-bond donors (Lipinski definition) is 1. The molecule has 7 heteroatoms. The zero-order chi connectivity index (χ0) is 16.7. The predicted octanol–water partition coefficient (Wildman–Crippen LogP) is 0.853. The summed E-state index contributed by atoms with van der Waals surface area (Å²) in [5.74, 6) is -0.314. The number of urea groups is 1. The maximum absolute atomic E-state index is 12.5. The summed E-state index contributed by atoms with van der Waals surface area (Å²) in [6, 6.07) is 10.7. The van der Waals surface area contributed by atoms with E-state index in [1.807, 2.05) is 41.2 Å². The van der Waals surface area contributed by atoms with Gasteiger partial charge in [-0.2, -0.15) is 0 Å². The number of nitrogens with one attached hydrogen (secondary N) is 1. The molecule has 2 aliphatic heterocycles. The average molecular weight is 324 g/mol. The average Bonchev–Trinajstić information content (AvgIpc) is 3.19. The summed E-state index contributed by atoms with van der Waals surface area (Å²) in [5, 5.41) is 2.50. The van der Waals surface area contributed by atoms with Crippen LogP contribution in [0.1, 0.15) is 10.4 Å². The van der Waals surface area contributed by atoms with E-state index in [2.05, 4.69) is 5.32 Å². The van der Waals surface area contributed by atoms with Crippen LogP contribution in [-0.2, 0) is 4.79 Å². The molecule has 2 aliphatic rings. The van der Waals surface area contributed by atoms with Crippen molar-refractivity contribution in [3.8, 4) is 5.69 Å². The molecule has 0 aliphatic carbocycles. The monoisotopic (exact) mass is 324 g/mol. The number of amides is 4. The Labute approximate surface area is 138 Å². The van der Waals surface area contributed by atoms with Crippen molar-refractivity contribution in [3.63, 3.8) is 0 Å². The molecule has 122 valence electrons. The molecule has 0 saturated carbocycles. The van der Waals surface area contributed by atoms with E-state index >= 15 is 0 Å². The quantitative estimate of drug-likeness (QED) is 0.851. The van der Waals surface area contributed by atoms with E-state index < -0.39 is 0 Å². The van der Waals surface area contributed by atoms with Gasteiger partial charge in [0.2, 0.25) is 5.91 Å². The summed E-state index contributed by atoms with van der Waals surface area (Å²) >= 11 is 0. The molecule has 0 radical (unpaired) electrons. The molecular weight excluding hydrogens is 308 g/mol. The van der Waals surface area contributed by atoms with Gasteiger partial charge < -0.3 is 14.8 Å². The van der Waals surface area contributed by atoms with Crippen LogP contribution in [0.2, 0.25) is 0 Å². The standard InChI is InChI=1S/C17H16N4O3/c22-15-9-18-17(24)21(15)14-10-20(11-14)16(23)12-3-5-13(6-4-12)19-7-1-2-8-19/h1-8,14H,9-11H2,(H,18,24). The molecule has 0 unspecified atom stereocenters. The predicted molar refractivity (Wildman–Crippen MR) is 85.7 cm³/mol. The molecule has 4 rings (SSSR count). The van der Waals surface area contributed by atoms with Crippen LogP contribution in [0.5, 0.6) is 0 Å². The number of rotatable bonds is 3. The molecule has 2 saturated heterocycles. The first-order valence-corrected chi connectivity index (χ1v) is 7.76. The second kappa shape index (κ2) is 5.52. The Balaban J connectivity index is 1.41. The van der Waals surface area contributed by atoms with Gasteiger partial charge in [0.25, 0.3) is 5.91 Å². The maximum atomic E-state index is 12.5. The minimum atomic E-state index is -0.367. The number of aromatic nitrogens is 1. The fourth-order valence-corrected chi connectivity index (χ4v) is 3.05. The lowest BCUT2D eigenvalue weighted by Crippen LogP contribution is -2.62. The van der Waals surface area contributed by atoms with E-state index in [9.17, 15) is 14.4 Å². The van der Waals surface area contributed by atoms with Crippen molar-refractivity contribution in [2.75, 3.05) is 19.6 Å². The Morgan fingerprint density at radius 3 is 2.29 bits per heavy atom. The van der Waals surface area contributed by atoms with E-state index in [0.717, 1.165) is 5.69 Å².